The lowest BCUT2D eigenvalue weighted by molar-refractivity contribution is -0.151. The molecule has 6 nitrogen and oxygen atoms in total. The van der Waals surface area contributed by atoms with E-state index in [4.69, 9.17) is 4.74 Å². The van der Waals surface area contributed by atoms with Crippen LogP contribution in [-0.4, -0.2) is 46.9 Å². The molecule has 0 radical (unpaired) electrons. The molecule has 58 heavy (non-hydrogen) atoms. The summed E-state index contributed by atoms with van der Waals surface area (Å²) in [6.45, 7) is 6.44. The molecule has 3 N–H and O–H groups in total. The maximum atomic E-state index is 13.2. The molecule has 3 atom stereocenters. The number of ether oxygens (including phenoxy) is 1. The summed E-state index contributed by atoms with van der Waals surface area (Å²) < 4.78 is 5.90. The lowest BCUT2D eigenvalue weighted by Gasteiger charge is -2.24. The molecule has 0 bridgehead atoms. The minimum absolute atomic E-state index is 0.0683. The fourth-order valence-electron chi connectivity index (χ4n) is 7.82. The molecule has 1 amide bonds. The van der Waals surface area contributed by atoms with Crippen LogP contribution < -0.4 is 5.32 Å². The first-order valence-electron chi connectivity index (χ1n) is 25.6. The molecule has 0 aliphatic carbocycles. The highest BCUT2D eigenvalue weighted by atomic mass is 16.5. The smallest absolute Gasteiger partial charge is 0.306 e. The molecule has 0 saturated heterocycles. The van der Waals surface area contributed by atoms with Gasteiger partial charge in [0.15, 0.2) is 0 Å². The molecule has 0 aromatic carbocycles. The Kier molecular flexibility index (Phi) is 45.1. The second-order valence-electron chi connectivity index (χ2n) is 17.6. The predicted molar refractivity (Wildman–Crippen MR) is 250 cm³/mol. The number of hydrogen-bond donors (Lipinski definition) is 3. The van der Waals surface area contributed by atoms with Crippen molar-refractivity contribution in [2.24, 2.45) is 0 Å². The number of unbranched alkanes of at least 4 members (excludes halogenated alkanes) is 30. The Bertz CT molecular complexity index is 919. The molecule has 0 aliphatic rings. The summed E-state index contributed by atoms with van der Waals surface area (Å²) in [6, 6.07) is -0.702. The standard InChI is InChI=1S/C52H99NO5/c1-4-7-10-13-16-19-21-23-25-27-29-32-35-38-41-44-50(55)49(47-54)53-51(56)46-48(43-40-37-34-31-18-15-12-9-6-3)58-52(57)45-42-39-36-33-30-28-26-24-22-20-17-14-11-8-5-2/h15,18,20,22,48-50,54-55H,4-14,16-17,19,21,23-47H2,1-3H3,(H,53,56)/b18-15-,22-20-. The van der Waals surface area contributed by atoms with Crippen molar-refractivity contribution >= 4 is 11.9 Å². The first-order valence-corrected chi connectivity index (χ1v) is 25.6. The number of carbonyl (C=O) groups excluding carboxylic acids is 2. The van der Waals surface area contributed by atoms with Gasteiger partial charge < -0.3 is 20.3 Å². The van der Waals surface area contributed by atoms with Crippen LogP contribution in [0, 0.1) is 0 Å². The number of hydrogen-bond acceptors (Lipinski definition) is 5. The highest BCUT2D eigenvalue weighted by Crippen LogP contribution is 2.18. The van der Waals surface area contributed by atoms with Crippen molar-refractivity contribution in [3.05, 3.63) is 24.3 Å². The van der Waals surface area contributed by atoms with Crippen LogP contribution in [0.3, 0.4) is 0 Å². The van der Waals surface area contributed by atoms with Crippen molar-refractivity contribution in [1.29, 1.82) is 0 Å². The lowest BCUT2D eigenvalue weighted by atomic mass is 10.0. The van der Waals surface area contributed by atoms with Gasteiger partial charge in [-0.25, -0.2) is 0 Å². The molecule has 0 heterocycles. The van der Waals surface area contributed by atoms with Crippen molar-refractivity contribution in [2.75, 3.05) is 6.61 Å². The third-order valence-corrected chi connectivity index (χ3v) is 11.8. The highest BCUT2D eigenvalue weighted by molar-refractivity contribution is 5.77. The third kappa shape index (κ3) is 41.1. The summed E-state index contributed by atoms with van der Waals surface area (Å²) in [6.07, 6.45) is 52.4. The summed E-state index contributed by atoms with van der Waals surface area (Å²) in [5, 5.41) is 23.7. The van der Waals surface area contributed by atoms with Gasteiger partial charge in [-0.2, -0.15) is 0 Å². The largest absolute Gasteiger partial charge is 0.462 e. The minimum Gasteiger partial charge on any atom is -0.462 e. The van der Waals surface area contributed by atoms with Crippen LogP contribution in [0.2, 0.25) is 0 Å². The van der Waals surface area contributed by atoms with Gasteiger partial charge in [-0.05, 0) is 70.6 Å². The zero-order valence-electron chi connectivity index (χ0n) is 38.9. The Labute approximate surface area is 361 Å². The number of aliphatic hydroxyl groups is 2. The maximum Gasteiger partial charge on any atom is 0.306 e. The van der Waals surface area contributed by atoms with Gasteiger partial charge in [0, 0.05) is 6.42 Å². The van der Waals surface area contributed by atoms with Gasteiger partial charge in [0.1, 0.15) is 6.10 Å². The Morgan fingerprint density at radius 1 is 0.483 bits per heavy atom. The number of rotatable bonds is 46. The van der Waals surface area contributed by atoms with Crippen molar-refractivity contribution in [3.63, 3.8) is 0 Å². The summed E-state index contributed by atoms with van der Waals surface area (Å²) in [5.41, 5.74) is 0. The van der Waals surface area contributed by atoms with Crippen molar-refractivity contribution in [3.8, 4) is 0 Å². The van der Waals surface area contributed by atoms with Gasteiger partial charge in [-0.15, -0.1) is 0 Å². The van der Waals surface area contributed by atoms with E-state index >= 15 is 0 Å². The monoisotopic (exact) mass is 818 g/mol. The lowest BCUT2D eigenvalue weighted by Crippen LogP contribution is -2.46. The SMILES string of the molecule is CCCC/C=C\CCCCCC(CC(=O)NC(CO)C(O)CCCCCCCCCCCCCCCCC)OC(=O)CCCCCCCCC/C=C\CCCCCC. The molecule has 0 spiro atoms. The molecule has 0 aromatic heterocycles. The molecule has 342 valence electrons. The average Bonchev–Trinajstić information content (AvgIpc) is 3.22. The molecule has 3 unspecified atom stereocenters. The van der Waals surface area contributed by atoms with E-state index in [-0.39, 0.29) is 24.9 Å². The molecule has 0 aliphatic heterocycles. The van der Waals surface area contributed by atoms with E-state index in [1.165, 1.54) is 161 Å². The summed E-state index contributed by atoms with van der Waals surface area (Å²) in [7, 11) is 0. The molecular weight excluding hydrogens is 719 g/mol. The fourth-order valence-corrected chi connectivity index (χ4v) is 7.82. The number of nitrogens with one attached hydrogen (secondary N) is 1. The summed E-state index contributed by atoms with van der Waals surface area (Å²) in [4.78, 5) is 26.0. The van der Waals surface area contributed by atoms with Crippen LogP contribution in [0.15, 0.2) is 24.3 Å². The first kappa shape index (κ1) is 56.3. The topological polar surface area (TPSA) is 95.9 Å². The van der Waals surface area contributed by atoms with Crippen LogP contribution in [0.4, 0.5) is 0 Å². The third-order valence-electron chi connectivity index (χ3n) is 11.8. The van der Waals surface area contributed by atoms with E-state index in [9.17, 15) is 19.8 Å². The van der Waals surface area contributed by atoms with Crippen molar-refractivity contribution in [1.82, 2.24) is 5.32 Å². The Hall–Kier alpha value is -1.66. The Balaban J connectivity index is 4.44. The van der Waals surface area contributed by atoms with E-state index in [1.54, 1.807) is 0 Å². The molecule has 0 rings (SSSR count). The minimum atomic E-state index is -0.788. The van der Waals surface area contributed by atoms with Crippen LogP contribution >= 0.6 is 0 Å². The zero-order valence-corrected chi connectivity index (χ0v) is 38.9. The van der Waals surface area contributed by atoms with Crippen LogP contribution in [0.5, 0.6) is 0 Å². The highest BCUT2D eigenvalue weighted by Gasteiger charge is 2.24. The molecule has 6 heteroatoms. The van der Waals surface area contributed by atoms with Gasteiger partial charge in [-0.3, -0.25) is 9.59 Å². The number of amides is 1. The van der Waals surface area contributed by atoms with Gasteiger partial charge >= 0.3 is 5.97 Å². The Morgan fingerprint density at radius 2 is 0.845 bits per heavy atom. The number of allylic oxidation sites excluding steroid dienone is 4. The second-order valence-corrected chi connectivity index (χ2v) is 17.6. The molecule has 0 aromatic rings. The zero-order chi connectivity index (χ0) is 42.4. The molecular formula is C52H99NO5. The Morgan fingerprint density at radius 3 is 1.31 bits per heavy atom. The van der Waals surface area contributed by atoms with Crippen LogP contribution in [0.25, 0.3) is 0 Å². The first-order chi connectivity index (χ1) is 28.5. The van der Waals surface area contributed by atoms with Gasteiger partial charge in [-0.1, -0.05) is 212 Å². The van der Waals surface area contributed by atoms with E-state index in [2.05, 4.69) is 50.4 Å². The summed E-state index contributed by atoms with van der Waals surface area (Å²) >= 11 is 0. The fraction of sp³-hybridized carbons (Fsp3) is 0.885. The van der Waals surface area contributed by atoms with Gasteiger partial charge in [0.05, 0.1) is 25.2 Å². The van der Waals surface area contributed by atoms with E-state index in [1.807, 2.05) is 0 Å². The normalized spacial score (nSPS) is 13.4. The van der Waals surface area contributed by atoms with E-state index in [0.29, 0.717) is 19.3 Å². The number of carbonyl (C=O) groups is 2. The van der Waals surface area contributed by atoms with Crippen LogP contribution in [-0.2, 0) is 14.3 Å². The number of aliphatic hydroxyl groups excluding tert-OH is 2. The quantitative estimate of drug-likeness (QED) is 0.0323. The average molecular weight is 818 g/mol. The molecule has 0 saturated carbocycles. The maximum absolute atomic E-state index is 13.2. The second kappa shape index (κ2) is 46.4. The van der Waals surface area contributed by atoms with Gasteiger partial charge in [0.2, 0.25) is 5.91 Å². The van der Waals surface area contributed by atoms with Crippen LogP contribution in [0.1, 0.15) is 271 Å². The van der Waals surface area contributed by atoms with Gasteiger partial charge in [0.25, 0.3) is 0 Å². The van der Waals surface area contributed by atoms with Crippen molar-refractivity contribution in [2.45, 2.75) is 289 Å². The molecule has 0 fully saturated rings. The number of esters is 1. The van der Waals surface area contributed by atoms with Crippen molar-refractivity contribution < 1.29 is 24.5 Å². The predicted octanol–water partition coefficient (Wildman–Crippen LogP) is 15.1. The van der Waals surface area contributed by atoms with E-state index < -0.39 is 18.2 Å². The summed E-state index contributed by atoms with van der Waals surface area (Å²) in [5.74, 6) is -0.487. The van der Waals surface area contributed by atoms with E-state index in [0.717, 1.165) is 64.2 Å².